The van der Waals surface area contributed by atoms with Gasteiger partial charge in [-0.05, 0) is 111 Å². The van der Waals surface area contributed by atoms with Crippen molar-refractivity contribution in [2.24, 2.45) is 5.41 Å². The second kappa shape index (κ2) is 16.2. The maximum atomic E-state index is 13.8. The van der Waals surface area contributed by atoms with Crippen LogP contribution in [-0.2, 0) is 0 Å². The molecular formula is C37H46F3N5OS3. The second-order valence-electron chi connectivity index (χ2n) is 13.7. The van der Waals surface area contributed by atoms with Gasteiger partial charge in [-0.3, -0.25) is 14.4 Å². The number of carbonyl (C=O) groups is 1. The van der Waals surface area contributed by atoms with Gasteiger partial charge in [-0.15, -0.1) is 11.8 Å². The maximum Gasteiger partial charge on any atom is 0.446 e. The zero-order valence-corrected chi connectivity index (χ0v) is 30.6. The summed E-state index contributed by atoms with van der Waals surface area (Å²) in [6.07, 6.45) is 4.75. The van der Waals surface area contributed by atoms with E-state index < -0.39 is 5.51 Å². The molecule has 1 atom stereocenters. The van der Waals surface area contributed by atoms with Crippen LogP contribution >= 0.6 is 35.5 Å². The fraction of sp³-hybridized carbons (Fsp3) is 0.486. The minimum absolute atomic E-state index is 0.0439. The molecule has 2 N–H and O–H groups in total. The van der Waals surface area contributed by atoms with E-state index in [0.717, 1.165) is 80.5 Å². The van der Waals surface area contributed by atoms with Crippen molar-refractivity contribution in [3.63, 3.8) is 0 Å². The normalized spacial score (nSPS) is 18.6. The Hall–Kier alpha value is -2.51. The molecule has 1 saturated carbocycles. The zero-order chi connectivity index (χ0) is 34.4. The standard InChI is InChI=1S/C37H46F3N5OS3/c1-27(2)44-21-19-43(20-22-44)18-15-29(24-47-31-7-4-3-5-8-31)41-33-14-13-32(23-34(33)48-37(38,39)40)49-42-35(46)28-9-11-30(12-10-28)45-25-36(26-45)16-6-17-36/h3-5,7-14,23,27,29,41H,6,15-22,24-26H2,1-2H3,(H,42,46). The molecule has 1 unspecified atom stereocenters. The van der Waals surface area contributed by atoms with Crippen molar-refractivity contribution in [3.05, 3.63) is 78.4 Å². The Kier molecular flexibility index (Phi) is 12.0. The molecule has 3 fully saturated rings. The number of alkyl halides is 3. The summed E-state index contributed by atoms with van der Waals surface area (Å²) in [5.41, 5.74) is -1.85. The number of nitrogens with one attached hydrogen (secondary N) is 2. The van der Waals surface area contributed by atoms with Crippen LogP contribution in [-0.4, -0.2) is 84.9 Å². The van der Waals surface area contributed by atoms with Crippen LogP contribution in [0.4, 0.5) is 24.5 Å². The molecule has 49 heavy (non-hydrogen) atoms. The average molecular weight is 730 g/mol. The summed E-state index contributed by atoms with van der Waals surface area (Å²) in [5.74, 6) is 0.436. The molecule has 1 amide bonds. The minimum Gasteiger partial charge on any atom is -0.381 e. The summed E-state index contributed by atoms with van der Waals surface area (Å²) in [6.45, 7) is 11.5. The number of thioether (sulfide) groups is 2. The van der Waals surface area contributed by atoms with Gasteiger partial charge in [0.05, 0.1) is 0 Å². The average Bonchev–Trinajstić information content (AvgIpc) is 3.04. The molecule has 1 spiro atoms. The monoisotopic (exact) mass is 729 g/mol. The molecule has 264 valence electrons. The van der Waals surface area contributed by atoms with E-state index in [0.29, 0.717) is 27.6 Å². The summed E-state index contributed by atoms with van der Waals surface area (Å²) in [7, 11) is 0. The molecule has 3 aliphatic rings. The van der Waals surface area contributed by atoms with Crippen LogP contribution in [0.2, 0.25) is 0 Å². The maximum absolute atomic E-state index is 13.8. The number of piperazine rings is 1. The van der Waals surface area contributed by atoms with Gasteiger partial charge in [0.25, 0.3) is 5.91 Å². The highest BCUT2D eigenvalue weighted by molar-refractivity contribution is 8.00. The van der Waals surface area contributed by atoms with Crippen molar-refractivity contribution in [2.75, 3.05) is 61.8 Å². The molecule has 0 aromatic heterocycles. The number of anilines is 2. The highest BCUT2D eigenvalue weighted by atomic mass is 32.2. The van der Waals surface area contributed by atoms with Gasteiger partial charge in [-0.2, -0.15) is 13.2 Å². The number of carbonyl (C=O) groups excluding carboxylic acids is 1. The SMILES string of the molecule is CC(C)N1CCN(CCC(CSc2ccccc2)Nc2ccc(SNC(=O)c3ccc(N4CC5(CCC5)C4)cc3)cc2SC(F)(F)F)CC1. The third-order valence-corrected chi connectivity index (χ3v) is 12.6. The first-order valence-corrected chi connectivity index (χ1v) is 19.8. The zero-order valence-electron chi connectivity index (χ0n) is 28.2. The first-order valence-electron chi connectivity index (χ1n) is 17.2. The van der Waals surface area contributed by atoms with Crippen LogP contribution in [0.25, 0.3) is 0 Å². The highest BCUT2D eigenvalue weighted by Gasteiger charge is 2.47. The van der Waals surface area contributed by atoms with Gasteiger partial charge in [0.15, 0.2) is 0 Å². The van der Waals surface area contributed by atoms with Crippen molar-refractivity contribution < 1.29 is 18.0 Å². The van der Waals surface area contributed by atoms with E-state index in [4.69, 9.17) is 0 Å². The van der Waals surface area contributed by atoms with Gasteiger partial charge in [0.2, 0.25) is 0 Å². The molecule has 2 heterocycles. The lowest BCUT2D eigenvalue weighted by molar-refractivity contribution is -0.0328. The predicted octanol–water partition coefficient (Wildman–Crippen LogP) is 8.71. The second-order valence-corrected chi connectivity index (χ2v) is 16.8. The lowest BCUT2D eigenvalue weighted by Crippen LogP contribution is -2.59. The quantitative estimate of drug-likeness (QED) is 0.126. The fourth-order valence-corrected chi connectivity index (χ4v) is 9.17. The van der Waals surface area contributed by atoms with E-state index in [1.165, 1.54) is 25.3 Å². The third-order valence-electron chi connectivity index (χ3n) is 9.89. The Labute approximate surface area is 301 Å². The van der Waals surface area contributed by atoms with E-state index >= 15 is 0 Å². The molecule has 2 aliphatic heterocycles. The first-order chi connectivity index (χ1) is 23.5. The molecule has 12 heteroatoms. The number of rotatable bonds is 14. The smallest absolute Gasteiger partial charge is 0.381 e. The van der Waals surface area contributed by atoms with Crippen LogP contribution in [0.5, 0.6) is 0 Å². The predicted molar refractivity (Wildman–Crippen MR) is 199 cm³/mol. The lowest BCUT2D eigenvalue weighted by atomic mass is 9.63. The van der Waals surface area contributed by atoms with Gasteiger partial charge in [-0.25, -0.2) is 0 Å². The van der Waals surface area contributed by atoms with Crippen LogP contribution in [0.3, 0.4) is 0 Å². The highest BCUT2D eigenvalue weighted by Crippen LogP contribution is 2.49. The van der Waals surface area contributed by atoms with Crippen molar-refractivity contribution in [1.82, 2.24) is 14.5 Å². The Morgan fingerprint density at radius 2 is 1.63 bits per heavy atom. The summed E-state index contributed by atoms with van der Waals surface area (Å²) >= 11 is 2.62. The molecule has 3 aromatic carbocycles. The number of nitrogens with zero attached hydrogens (tertiary/aromatic N) is 3. The van der Waals surface area contributed by atoms with Crippen molar-refractivity contribution >= 4 is 52.8 Å². The minimum atomic E-state index is -4.45. The van der Waals surface area contributed by atoms with Crippen LogP contribution in [0, 0.1) is 5.41 Å². The summed E-state index contributed by atoms with van der Waals surface area (Å²) < 4.78 is 44.2. The topological polar surface area (TPSA) is 50.9 Å². The Morgan fingerprint density at radius 1 is 0.918 bits per heavy atom. The van der Waals surface area contributed by atoms with E-state index in [2.05, 4.69) is 50.7 Å². The lowest BCUT2D eigenvalue weighted by Gasteiger charge is -2.57. The third kappa shape index (κ3) is 10.1. The molecule has 0 bridgehead atoms. The fourth-order valence-electron chi connectivity index (χ4n) is 6.79. The molecule has 3 aromatic rings. The number of amides is 1. The molecule has 2 saturated heterocycles. The van der Waals surface area contributed by atoms with Crippen molar-refractivity contribution in [3.8, 4) is 0 Å². The molecule has 1 aliphatic carbocycles. The van der Waals surface area contributed by atoms with E-state index in [-0.39, 0.29) is 28.6 Å². The summed E-state index contributed by atoms with van der Waals surface area (Å²) in [6, 6.07) is 23.1. The van der Waals surface area contributed by atoms with Crippen molar-refractivity contribution in [1.29, 1.82) is 0 Å². The Bertz CT molecular complexity index is 1520. The van der Waals surface area contributed by atoms with Gasteiger partial charge in [-0.1, -0.05) is 24.6 Å². The molecule has 6 nitrogen and oxygen atoms in total. The van der Waals surface area contributed by atoms with E-state index in [1.54, 1.807) is 23.9 Å². The van der Waals surface area contributed by atoms with Gasteiger partial charge >= 0.3 is 5.51 Å². The van der Waals surface area contributed by atoms with Crippen LogP contribution < -0.4 is 14.9 Å². The molecule has 6 rings (SSSR count). The summed E-state index contributed by atoms with van der Waals surface area (Å²) in [5, 5.41) is 3.48. The van der Waals surface area contributed by atoms with E-state index in [9.17, 15) is 18.0 Å². The van der Waals surface area contributed by atoms with Gasteiger partial charge in [0.1, 0.15) is 0 Å². The largest absolute Gasteiger partial charge is 0.446 e. The number of halogens is 3. The molecule has 0 radical (unpaired) electrons. The van der Waals surface area contributed by atoms with Gasteiger partial charge < -0.3 is 15.1 Å². The Balaban J connectivity index is 1.09. The Morgan fingerprint density at radius 3 is 2.27 bits per heavy atom. The first kappa shape index (κ1) is 36.3. The molecular weight excluding hydrogens is 684 g/mol. The summed E-state index contributed by atoms with van der Waals surface area (Å²) in [4.78, 5) is 22.0. The van der Waals surface area contributed by atoms with E-state index in [1.807, 2.05) is 42.5 Å². The van der Waals surface area contributed by atoms with Gasteiger partial charge in [0, 0.05) is 101 Å². The van der Waals surface area contributed by atoms with Crippen molar-refractivity contribution in [2.45, 2.75) is 71.8 Å². The number of hydrogen-bond donors (Lipinski definition) is 2. The van der Waals surface area contributed by atoms with Crippen LogP contribution in [0.15, 0.2) is 87.5 Å². The van der Waals surface area contributed by atoms with Crippen LogP contribution in [0.1, 0.15) is 49.9 Å². The number of benzene rings is 3. The number of hydrogen-bond acceptors (Lipinski definition) is 8.